The van der Waals surface area contributed by atoms with Crippen LogP contribution in [-0.4, -0.2) is 35.9 Å². The molecule has 0 spiro atoms. The molecule has 0 amide bonds. The highest BCUT2D eigenvalue weighted by atomic mass is 19.4. The third kappa shape index (κ3) is 3.48. The van der Waals surface area contributed by atoms with Crippen molar-refractivity contribution in [2.75, 3.05) is 14.2 Å². The van der Waals surface area contributed by atoms with Crippen LogP contribution in [0.4, 0.5) is 18.9 Å². The van der Waals surface area contributed by atoms with Crippen LogP contribution in [0.25, 0.3) is 0 Å². The molecule has 22 heavy (non-hydrogen) atoms. The summed E-state index contributed by atoms with van der Waals surface area (Å²) < 4.78 is 47.8. The fourth-order valence-corrected chi connectivity index (χ4v) is 1.65. The van der Waals surface area contributed by atoms with Gasteiger partial charge in [-0.15, -0.1) is 0 Å². The molecule has 0 radical (unpaired) electrons. The Morgan fingerprint density at radius 1 is 1.36 bits per heavy atom. The van der Waals surface area contributed by atoms with Crippen LogP contribution in [0.1, 0.15) is 11.1 Å². The van der Waals surface area contributed by atoms with Gasteiger partial charge in [-0.25, -0.2) is 9.78 Å². The van der Waals surface area contributed by atoms with Crippen LogP contribution in [0.15, 0.2) is 6.20 Å². The number of aromatic nitrogens is 1. The minimum Gasteiger partial charge on any atom is -0.481 e. The van der Waals surface area contributed by atoms with Gasteiger partial charge in [-0.3, -0.25) is 14.9 Å². The molecule has 120 valence electrons. The average Bonchev–Trinajstić information content (AvgIpc) is 2.43. The number of nitro groups is 1. The van der Waals surface area contributed by atoms with Gasteiger partial charge < -0.3 is 9.47 Å². The van der Waals surface area contributed by atoms with Crippen molar-refractivity contribution in [1.29, 1.82) is 0 Å². The quantitative estimate of drug-likeness (QED) is 0.348. The first-order valence-electron chi connectivity index (χ1n) is 5.52. The molecule has 0 saturated heterocycles. The number of ether oxygens (including phenoxy) is 2. The van der Waals surface area contributed by atoms with E-state index in [1.165, 1.54) is 0 Å². The van der Waals surface area contributed by atoms with E-state index in [0.717, 1.165) is 14.2 Å². The van der Waals surface area contributed by atoms with Crippen LogP contribution in [0.5, 0.6) is 5.88 Å². The number of carbonyl (C=O) groups is 2. The van der Waals surface area contributed by atoms with Gasteiger partial charge in [0.25, 0.3) is 5.69 Å². The molecular weight excluding hydrogens is 313 g/mol. The maximum absolute atomic E-state index is 13.1. The van der Waals surface area contributed by atoms with E-state index in [2.05, 4.69) is 14.5 Å². The lowest BCUT2D eigenvalue weighted by molar-refractivity contribution is -0.386. The predicted molar refractivity (Wildman–Crippen MR) is 63.2 cm³/mol. The summed E-state index contributed by atoms with van der Waals surface area (Å²) in [6, 6.07) is 0. The van der Waals surface area contributed by atoms with Crippen LogP contribution < -0.4 is 4.74 Å². The number of methoxy groups -OCH3 is 2. The molecule has 0 aliphatic heterocycles. The molecule has 0 fully saturated rings. The number of Topliss-reactive ketones (excluding diaryl/α,β-unsaturated/α-hetero) is 1. The lowest BCUT2D eigenvalue weighted by Gasteiger charge is -2.15. The number of hydrogen-bond acceptors (Lipinski definition) is 7. The van der Waals surface area contributed by atoms with Gasteiger partial charge in [0.2, 0.25) is 11.7 Å². The summed E-state index contributed by atoms with van der Waals surface area (Å²) in [7, 11) is 1.74. The Kier molecular flexibility index (Phi) is 5.02. The number of pyridine rings is 1. The molecule has 0 unspecified atom stereocenters. The normalized spacial score (nSPS) is 11.0. The Morgan fingerprint density at radius 3 is 2.36 bits per heavy atom. The van der Waals surface area contributed by atoms with E-state index in [-0.39, 0.29) is 0 Å². The molecule has 0 bridgehead atoms. The molecule has 11 heteroatoms. The van der Waals surface area contributed by atoms with Crippen LogP contribution in [-0.2, 0) is 26.9 Å². The van der Waals surface area contributed by atoms with Crippen LogP contribution in [0, 0.1) is 10.1 Å². The molecular formula is C11H9F3N2O6. The highest BCUT2D eigenvalue weighted by molar-refractivity contribution is 6.34. The first kappa shape index (κ1) is 17.3. The molecule has 0 saturated carbocycles. The van der Waals surface area contributed by atoms with Crippen LogP contribution in [0.3, 0.4) is 0 Å². The molecule has 0 aromatic carbocycles. The Hall–Kier alpha value is -2.72. The summed E-state index contributed by atoms with van der Waals surface area (Å²) in [6.07, 6.45) is -5.72. The maximum Gasteiger partial charge on any atom is 0.422 e. The lowest BCUT2D eigenvalue weighted by Crippen LogP contribution is -2.22. The van der Waals surface area contributed by atoms with E-state index in [9.17, 15) is 32.9 Å². The van der Waals surface area contributed by atoms with Gasteiger partial charge in [0.1, 0.15) is 11.8 Å². The Bertz CT molecular complexity index is 629. The predicted octanol–water partition coefficient (Wildman–Crippen LogP) is 1.30. The van der Waals surface area contributed by atoms with E-state index in [1.54, 1.807) is 0 Å². The van der Waals surface area contributed by atoms with Crippen molar-refractivity contribution in [1.82, 2.24) is 4.98 Å². The zero-order chi connectivity index (χ0) is 17.1. The fourth-order valence-electron chi connectivity index (χ4n) is 1.65. The van der Waals surface area contributed by atoms with Crippen molar-refractivity contribution in [3.05, 3.63) is 27.4 Å². The van der Waals surface area contributed by atoms with E-state index in [0.29, 0.717) is 6.20 Å². The monoisotopic (exact) mass is 322 g/mol. The average molecular weight is 322 g/mol. The number of rotatable bonds is 5. The lowest BCUT2D eigenvalue weighted by atomic mass is 10.0. The van der Waals surface area contributed by atoms with Gasteiger partial charge in [0.05, 0.1) is 31.1 Å². The van der Waals surface area contributed by atoms with Gasteiger partial charge in [-0.05, 0) is 0 Å². The first-order chi connectivity index (χ1) is 10.1. The number of nitrogens with zero attached hydrogens (tertiary/aromatic N) is 2. The number of hydrogen-bond donors (Lipinski definition) is 0. The van der Waals surface area contributed by atoms with E-state index in [4.69, 9.17) is 0 Å². The number of esters is 1. The van der Waals surface area contributed by atoms with Crippen molar-refractivity contribution in [2.45, 2.75) is 12.6 Å². The van der Waals surface area contributed by atoms with E-state index in [1.807, 2.05) is 0 Å². The largest absolute Gasteiger partial charge is 0.481 e. The molecule has 1 aromatic heterocycles. The molecule has 1 heterocycles. The fraction of sp³-hybridized carbons (Fsp3) is 0.364. The van der Waals surface area contributed by atoms with Gasteiger partial charge in [0.15, 0.2) is 0 Å². The molecule has 0 atom stereocenters. The Labute approximate surface area is 121 Å². The summed E-state index contributed by atoms with van der Waals surface area (Å²) in [5.41, 5.74) is -3.65. The SMILES string of the molecule is COC(=O)C(=O)Cc1c([N+](=O)[O-])cnc(OC)c1C(F)(F)F. The minimum atomic E-state index is -5.07. The topological polar surface area (TPSA) is 109 Å². The van der Waals surface area contributed by atoms with Crippen molar-refractivity contribution in [3.63, 3.8) is 0 Å². The highest BCUT2D eigenvalue weighted by Crippen LogP contribution is 2.41. The maximum atomic E-state index is 13.1. The van der Waals surface area contributed by atoms with Gasteiger partial charge in [0, 0.05) is 0 Å². The first-order valence-corrected chi connectivity index (χ1v) is 5.52. The highest BCUT2D eigenvalue weighted by Gasteiger charge is 2.42. The third-order valence-corrected chi connectivity index (χ3v) is 2.55. The van der Waals surface area contributed by atoms with Crippen molar-refractivity contribution in [3.8, 4) is 5.88 Å². The summed E-state index contributed by atoms with van der Waals surface area (Å²) in [5.74, 6) is -3.73. The summed E-state index contributed by atoms with van der Waals surface area (Å²) in [6.45, 7) is 0. The second-order valence-corrected chi connectivity index (χ2v) is 3.85. The number of ketones is 1. The molecule has 1 aromatic rings. The van der Waals surface area contributed by atoms with Gasteiger partial charge >= 0.3 is 12.1 Å². The van der Waals surface area contributed by atoms with E-state index < -0.39 is 52.0 Å². The van der Waals surface area contributed by atoms with Crippen molar-refractivity contribution >= 4 is 17.4 Å². The summed E-state index contributed by atoms with van der Waals surface area (Å²) in [5, 5.41) is 10.9. The number of alkyl halides is 3. The zero-order valence-electron chi connectivity index (χ0n) is 11.3. The summed E-state index contributed by atoms with van der Waals surface area (Å²) >= 11 is 0. The van der Waals surface area contributed by atoms with Gasteiger partial charge in [-0.2, -0.15) is 13.2 Å². The standard InChI is InChI=1S/C11H9F3N2O6/c1-21-9-8(11(12,13)14)5(3-7(17)10(18)22-2)6(4-15-9)16(19)20/h4H,3H2,1-2H3. The second kappa shape index (κ2) is 6.37. The molecule has 0 N–H and O–H groups in total. The van der Waals surface area contributed by atoms with Crippen LogP contribution in [0.2, 0.25) is 0 Å². The summed E-state index contributed by atoms with van der Waals surface area (Å²) in [4.78, 5) is 35.4. The van der Waals surface area contributed by atoms with Crippen LogP contribution >= 0.6 is 0 Å². The zero-order valence-corrected chi connectivity index (χ0v) is 11.3. The molecule has 0 aliphatic rings. The Morgan fingerprint density at radius 2 is 1.95 bits per heavy atom. The van der Waals surface area contributed by atoms with Gasteiger partial charge in [-0.1, -0.05) is 0 Å². The van der Waals surface area contributed by atoms with E-state index >= 15 is 0 Å². The minimum absolute atomic E-state index is 0.522. The second-order valence-electron chi connectivity index (χ2n) is 3.85. The van der Waals surface area contributed by atoms with Crippen molar-refractivity contribution in [2.24, 2.45) is 0 Å². The molecule has 0 aliphatic carbocycles. The molecule has 1 rings (SSSR count). The number of halogens is 3. The number of carbonyl (C=O) groups excluding carboxylic acids is 2. The van der Waals surface area contributed by atoms with Crippen molar-refractivity contribution < 1.29 is 37.2 Å². The molecule has 8 nitrogen and oxygen atoms in total. The smallest absolute Gasteiger partial charge is 0.422 e. The Balaban J connectivity index is 3.58. The third-order valence-electron chi connectivity index (χ3n) is 2.55.